The molecule has 1 amide bonds. The van der Waals surface area contributed by atoms with E-state index >= 15 is 0 Å². The van der Waals surface area contributed by atoms with Crippen molar-refractivity contribution in [3.8, 4) is 0 Å². The molecule has 0 bridgehead atoms. The van der Waals surface area contributed by atoms with E-state index in [9.17, 15) is 9.18 Å². The maximum Gasteiger partial charge on any atom is 0.407 e. The van der Waals surface area contributed by atoms with Gasteiger partial charge >= 0.3 is 6.09 Å². The average Bonchev–Trinajstić information content (AvgIpc) is 2.46. The third-order valence-electron chi connectivity index (χ3n) is 2.28. The molecule has 0 aliphatic carbocycles. The van der Waals surface area contributed by atoms with E-state index in [1.165, 1.54) is 0 Å². The van der Waals surface area contributed by atoms with Crippen molar-refractivity contribution in [3.05, 3.63) is 0 Å². The summed E-state index contributed by atoms with van der Waals surface area (Å²) in [6, 6.07) is 0. The van der Waals surface area contributed by atoms with Gasteiger partial charge in [0.15, 0.2) is 0 Å². The van der Waals surface area contributed by atoms with Crippen LogP contribution < -0.4 is 0 Å². The summed E-state index contributed by atoms with van der Waals surface area (Å²) in [7, 11) is 0. The lowest BCUT2D eigenvalue weighted by atomic mass is 9.99. The van der Waals surface area contributed by atoms with E-state index in [0.717, 1.165) is 4.90 Å². The third-order valence-corrected chi connectivity index (χ3v) is 2.28. The summed E-state index contributed by atoms with van der Waals surface area (Å²) in [4.78, 5) is 11.6. The molecule has 12 heavy (non-hydrogen) atoms. The number of rotatable bonds is 2. The van der Waals surface area contributed by atoms with Crippen molar-refractivity contribution in [1.82, 2.24) is 4.90 Å². The van der Waals surface area contributed by atoms with Crippen LogP contribution in [0, 0.1) is 11.8 Å². The van der Waals surface area contributed by atoms with E-state index in [1.807, 2.05) is 0 Å². The molecule has 1 saturated heterocycles. The van der Waals surface area contributed by atoms with Crippen LogP contribution in [0.25, 0.3) is 0 Å². The minimum Gasteiger partial charge on any atom is -0.465 e. The number of nitrogens with zero attached hydrogens (tertiary/aromatic N) is 1. The van der Waals surface area contributed by atoms with Crippen molar-refractivity contribution in [2.45, 2.75) is 0 Å². The Bertz CT molecular complexity index is 164. The third kappa shape index (κ3) is 1.66. The fourth-order valence-electron chi connectivity index (χ4n) is 1.48. The Morgan fingerprint density at radius 3 is 2.42 bits per heavy atom. The fraction of sp³-hybridized carbons (Fsp3) is 0.857. The highest BCUT2D eigenvalue weighted by atomic mass is 19.1. The highest BCUT2D eigenvalue weighted by Gasteiger charge is 2.34. The number of carboxylic acid groups (broad SMARTS) is 1. The second kappa shape index (κ2) is 3.71. The average molecular weight is 177 g/mol. The molecular formula is C7H12FNO3. The van der Waals surface area contributed by atoms with Crippen LogP contribution in [0.4, 0.5) is 9.18 Å². The molecule has 70 valence electrons. The predicted octanol–water partition coefficient (Wildman–Crippen LogP) is 0.174. The first-order chi connectivity index (χ1) is 5.69. The van der Waals surface area contributed by atoms with Crippen molar-refractivity contribution in [2.75, 3.05) is 26.4 Å². The number of hydrogen-bond donors (Lipinski definition) is 2. The Kier molecular flexibility index (Phi) is 2.86. The highest BCUT2D eigenvalue weighted by molar-refractivity contribution is 5.65. The summed E-state index contributed by atoms with van der Waals surface area (Å²) in [6.45, 7) is -0.245. The number of aliphatic hydroxyl groups is 1. The monoisotopic (exact) mass is 177 g/mol. The van der Waals surface area contributed by atoms with Crippen molar-refractivity contribution in [3.63, 3.8) is 0 Å². The summed E-state index contributed by atoms with van der Waals surface area (Å²) in [5.74, 6) is -0.558. The Labute approximate surface area is 69.6 Å². The zero-order chi connectivity index (χ0) is 9.14. The SMILES string of the molecule is O=C(O)N1CC(CO)C(CF)C1. The van der Waals surface area contributed by atoms with Gasteiger partial charge in [0.1, 0.15) is 0 Å². The molecule has 4 nitrogen and oxygen atoms in total. The molecule has 1 rings (SSSR count). The predicted molar refractivity (Wildman–Crippen MR) is 39.6 cm³/mol. The van der Waals surface area contributed by atoms with Crippen LogP contribution in [0.15, 0.2) is 0 Å². The molecule has 2 N–H and O–H groups in total. The fourth-order valence-corrected chi connectivity index (χ4v) is 1.48. The summed E-state index contributed by atoms with van der Waals surface area (Å²) in [5.41, 5.74) is 0. The zero-order valence-corrected chi connectivity index (χ0v) is 6.61. The van der Waals surface area contributed by atoms with Crippen molar-refractivity contribution in [2.24, 2.45) is 11.8 Å². The van der Waals surface area contributed by atoms with Crippen LogP contribution in [0.2, 0.25) is 0 Å². The van der Waals surface area contributed by atoms with Gasteiger partial charge in [0.05, 0.1) is 6.67 Å². The smallest absolute Gasteiger partial charge is 0.407 e. The molecule has 1 aliphatic heterocycles. The molecule has 0 spiro atoms. The Balaban J connectivity index is 2.53. The van der Waals surface area contributed by atoms with Gasteiger partial charge in [-0.25, -0.2) is 4.79 Å². The lowest BCUT2D eigenvalue weighted by molar-refractivity contribution is 0.150. The molecule has 0 aromatic rings. The molecule has 1 fully saturated rings. The van der Waals surface area contributed by atoms with E-state index in [4.69, 9.17) is 10.2 Å². The molecule has 2 atom stereocenters. The first kappa shape index (κ1) is 9.25. The van der Waals surface area contributed by atoms with E-state index in [0.29, 0.717) is 0 Å². The molecule has 0 radical (unpaired) electrons. The van der Waals surface area contributed by atoms with Gasteiger partial charge in [-0.1, -0.05) is 0 Å². The first-order valence-electron chi connectivity index (χ1n) is 3.83. The summed E-state index contributed by atoms with van der Waals surface area (Å²) >= 11 is 0. The lowest BCUT2D eigenvalue weighted by Crippen LogP contribution is -2.27. The Morgan fingerprint density at radius 2 is 2.08 bits per heavy atom. The van der Waals surface area contributed by atoms with Crippen LogP contribution in [-0.4, -0.2) is 47.6 Å². The van der Waals surface area contributed by atoms with Crippen LogP contribution in [0.3, 0.4) is 0 Å². The maximum absolute atomic E-state index is 12.2. The standard InChI is InChI=1S/C7H12FNO3/c8-1-5-2-9(7(11)12)3-6(5)4-10/h5-6,10H,1-4H2,(H,11,12). The minimum absolute atomic E-state index is 0.141. The van der Waals surface area contributed by atoms with Crippen LogP contribution in [-0.2, 0) is 0 Å². The lowest BCUT2D eigenvalue weighted by Gasteiger charge is -2.09. The molecule has 5 heteroatoms. The molecule has 2 unspecified atom stereocenters. The van der Waals surface area contributed by atoms with Crippen molar-refractivity contribution >= 4 is 6.09 Å². The molecule has 0 saturated carbocycles. The van der Waals surface area contributed by atoms with Crippen molar-refractivity contribution < 1.29 is 19.4 Å². The minimum atomic E-state index is -1.04. The second-order valence-corrected chi connectivity index (χ2v) is 3.04. The topological polar surface area (TPSA) is 60.8 Å². The van der Waals surface area contributed by atoms with Crippen LogP contribution in [0.5, 0.6) is 0 Å². The number of halogens is 1. The number of carbonyl (C=O) groups is 1. The normalized spacial score (nSPS) is 29.3. The van der Waals surface area contributed by atoms with Gasteiger partial charge in [-0.05, 0) is 0 Å². The van der Waals surface area contributed by atoms with Gasteiger partial charge in [0.2, 0.25) is 0 Å². The molecule has 1 heterocycles. The Morgan fingerprint density at radius 1 is 1.50 bits per heavy atom. The number of amides is 1. The quantitative estimate of drug-likeness (QED) is 0.632. The van der Waals surface area contributed by atoms with Crippen molar-refractivity contribution in [1.29, 1.82) is 0 Å². The van der Waals surface area contributed by atoms with Crippen LogP contribution >= 0.6 is 0 Å². The van der Waals surface area contributed by atoms with Gasteiger partial charge in [-0.3, -0.25) is 4.39 Å². The van der Waals surface area contributed by atoms with Gasteiger partial charge in [0.25, 0.3) is 0 Å². The number of likely N-dealkylation sites (tertiary alicyclic amines) is 1. The second-order valence-electron chi connectivity index (χ2n) is 3.04. The van der Waals surface area contributed by atoms with Gasteiger partial charge in [-0.2, -0.15) is 0 Å². The van der Waals surface area contributed by atoms with Gasteiger partial charge in [-0.15, -0.1) is 0 Å². The van der Waals surface area contributed by atoms with Gasteiger partial charge < -0.3 is 15.1 Å². The molecule has 0 aromatic carbocycles. The van der Waals surface area contributed by atoms with E-state index in [1.54, 1.807) is 0 Å². The number of alkyl halides is 1. The zero-order valence-electron chi connectivity index (χ0n) is 6.61. The molecule has 1 aliphatic rings. The molecular weight excluding hydrogens is 165 g/mol. The largest absolute Gasteiger partial charge is 0.465 e. The van der Waals surface area contributed by atoms with E-state index < -0.39 is 12.8 Å². The number of hydrogen-bond acceptors (Lipinski definition) is 2. The Hall–Kier alpha value is -0.840. The first-order valence-corrected chi connectivity index (χ1v) is 3.83. The maximum atomic E-state index is 12.2. The summed E-state index contributed by atoms with van der Waals surface area (Å²) < 4.78 is 12.2. The number of aliphatic hydroxyl groups excluding tert-OH is 1. The van der Waals surface area contributed by atoms with E-state index in [2.05, 4.69) is 0 Å². The van der Waals surface area contributed by atoms with Gasteiger partial charge in [0, 0.05) is 31.5 Å². The van der Waals surface area contributed by atoms with Crippen LogP contribution in [0.1, 0.15) is 0 Å². The highest BCUT2D eigenvalue weighted by Crippen LogP contribution is 2.23. The summed E-state index contributed by atoms with van der Waals surface area (Å²) in [6.07, 6.45) is -1.04. The molecule has 0 aromatic heterocycles. The van der Waals surface area contributed by atoms with E-state index in [-0.39, 0.29) is 31.5 Å². The summed E-state index contributed by atoms with van der Waals surface area (Å²) in [5, 5.41) is 17.3.